The molecule has 6 heteroatoms. The van der Waals surface area contributed by atoms with E-state index >= 15 is 0 Å². The van der Waals surface area contributed by atoms with Crippen molar-refractivity contribution in [2.24, 2.45) is 0 Å². The molecule has 17 heavy (non-hydrogen) atoms. The SMILES string of the molecule is O=S(=O)(NCCCl)c1cccc2ncccc12. The monoisotopic (exact) mass is 270 g/mol. The van der Waals surface area contributed by atoms with Crippen LogP contribution in [0.15, 0.2) is 41.4 Å². The van der Waals surface area contributed by atoms with Crippen molar-refractivity contribution in [3.63, 3.8) is 0 Å². The van der Waals surface area contributed by atoms with Gasteiger partial charge in [-0.05, 0) is 24.3 Å². The molecule has 0 bridgehead atoms. The summed E-state index contributed by atoms with van der Waals surface area (Å²) in [4.78, 5) is 4.35. The minimum Gasteiger partial charge on any atom is -0.256 e. The molecule has 0 aliphatic carbocycles. The molecule has 4 nitrogen and oxygen atoms in total. The van der Waals surface area contributed by atoms with Gasteiger partial charge in [0.15, 0.2) is 0 Å². The molecule has 1 heterocycles. The van der Waals surface area contributed by atoms with Gasteiger partial charge in [-0.15, -0.1) is 11.6 Å². The fourth-order valence-electron chi connectivity index (χ4n) is 1.56. The summed E-state index contributed by atoms with van der Waals surface area (Å²) >= 11 is 5.47. The third kappa shape index (κ3) is 2.57. The summed E-state index contributed by atoms with van der Waals surface area (Å²) in [6, 6.07) is 8.45. The second-order valence-electron chi connectivity index (χ2n) is 3.41. The summed E-state index contributed by atoms with van der Waals surface area (Å²) in [5, 5.41) is 0.608. The van der Waals surface area contributed by atoms with Crippen LogP contribution in [0.2, 0.25) is 0 Å². The van der Waals surface area contributed by atoms with E-state index in [-0.39, 0.29) is 17.3 Å². The molecule has 0 spiro atoms. The first kappa shape index (κ1) is 12.3. The molecule has 0 fully saturated rings. The molecule has 0 radical (unpaired) electrons. The van der Waals surface area contributed by atoms with E-state index in [2.05, 4.69) is 9.71 Å². The Morgan fingerprint density at radius 3 is 2.82 bits per heavy atom. The van der Waals surface area contributed by atoms with Gasteiger partial charge in [0, 0.05) is 24.0 Å². The van der Waals surface area contributed by atoms with Gasteiger partial charge in [0.2, 0.25) is 10.0 Å². The molecular weight excluding hydrogens is 260 g/mol. The van der Waals surface area contributed by atoms with Crippen molar-refractivity contribution in [3.05, 3.63) is 36.5 Å². The smallest absolute Gasteiger partial charge is 0.241 e. The fraction of sp³-hybridized carbons (Fsp3) is 0.182. The van der Waals surface area contributed by atoms with Crippen LogP contribution in [0.25, 0.3) is 10.9 Å². The Balaban J connectivity index is 2.55. The molecule has 2 aromatic rings. The number of halogens is 1. The first-order valence-corrected chi connectivity index (χ1v) is 7.06. The number of aromatic nitrogens is 1. The Hall–Kier alpha value is -1.17. The van der Waals surface area contributed by atoms with Gasteiger partial charge >= 0.3 is 0 Å². The molecule has 90 valence electrons. The number of hydrogen-bond donors (Lipinski definition) is 1. The standard InChI is InChI=1S/C11H11ClN2O2S/c12-6-8-14-17(15,16)11-5-1-4-10-9(11)3-2-7-13-10/h1-5,7,14H,6,8H2. The highest BCUT2D eigenvalue weighted by Gasteiger charge is 2.16. The molecular formula is C11H11ClN2O2S. The Labute approximate surface area is 105 Å². The molecule has 1 aromatic carbocycles. The number of nitrogens with one attached hydrogen (secondary N) is 1. The summed E-state index contributed by atoms with van der Waals surface area (Å²) in [6.45, 7) is 0.209. The minimum absolute atomic E-state index is 0.209. The molecule has 0 amide bonds. The van der Waals surface area contributed by atoms with Crippen LogP contribution in [0.5, 0.6) is 0 Å². The highest BCUT2D eigenvalue weighted by Crippen LogP contribution is 2.20. The van der Waals surface area contributed by atoms with Crippen molar-refractivity contribution < 1.29 is 8.42 Å². The number of fused-ring (bicyclic) bond motifs is 1. The molecule has 0 atom stereocenters. The van der Waals surface area contributed by atoms with Crippen LogP contribution in [-0.4, -0.2) is 25.8 Å². The van der Waals surface area contributed by atoms with Gasteiger partial charge in [-0.3, -0.25) is 4.98 Å². The lowest BCUT2D eigenvalue weighted by Gasteiger charge is -2.07. The number of benzene rings is 1. The van der Waals surface area contributed by atoms with Crippen LogP contribution in [0.4, 0.5) is 0 Å². The Kier molecular flexibility index (Phi) is 3.61. The summed E-state index contributed by atoms with van der Waals surface area (Å²) in [5.41, 5.74) is 0.654. The summed E-state index contributed by atoms with van der Waals surface area (Å²) in [5.74, 6) is 0.238. The molecule has 1 aromatic heterocycles. The van der Waals surface area contributed by atoms with Crippen molar-refractivity contribution in [3.8, 4) is 0 Å². The van der Waals surface area contributed by atoms with E-state index in [0.29, 0.717) is 10.9 Å². The van der Waals surface area contributed by atoms with Crippen molar-refractivity contribution in [2.75, 3.05) is 12.4 Å². The molecule has 1 N–H and O–H groups in total. The summed E-state index contributed by atoms with van der Waals surface area (Å²) in [6.07, 6.45) is 1.63. The normalized spacial score (nSPS) is 11.8. The van der Waals surface area contributed by atoms with Gasteiger partial charge in [0.25, 0.3) is 0 Å². The topological polar surface area (TPSA) is 59.1 Å². The highest BCUT2D eigenvalue weighted by atomic mass is 35.5. The third-order valence-electron chi connectivity index (χ3n) is 2.28. The second kappa shape index (κ2) is 5.00. The molecule has 0 saturated heterocycles. The lowest BCUT2D eigenvalue weighted by Crippen LogP contribution is -2.25. The van der Waals surface area contributed by atoms with E-state index in [1.807, 2.05) is 0 Å². The van der Waals surface area contributed by atoms with E-state index in [0.717, 1.165) is 0 Å². The minimum atomic E-state index is -3.52. The van der Waals surface area contributed by atoms with E-state index in [4.69, 9.17) is 11.6 Å². The molecule has 0 aliphatic rings. The molecule has 2 rings (SSSR count). The van der Waals surface area contributed by atoms with Crippen LogP contribution in [0.1, 0.15) is 0 Å². The first-order chi connectivity index (χ1) is 8.15. The van der Waals surface area contributed by atoms with Crippen LogP contribution in [0.3, 0.4) is 0 Å². The first-order valence-electron chi connectivity index (χ1n) is 5.04. The van der Waals surface area contributed by atoms with Gasteiger partial charge in [-0.1, -0.05) is 6.07 Å². The molecule has 0 aliphatic heterocycles. The molecule has 0 unspecified atom stereocenters. The third-order valence-corrected chi connectivity index (χ3v) is 3.99. The Bertz CT molecular complexity index is 623. The van der Waals surface area contributed by atoms with Crippen LogP contribution in [-0.2, 0) is 10.0 Å². The van der Waals surface area contributed by atoms with Gasteiger partial charge in [-0.25, -0.2) is 13.1 Å². The average Bonchev–Trinajstić information content (AvgIpc) is 2.36. The van der Waals surface area contributed by atoms with Gasteiger partial charge in [-0.2, -0.15) is 0 Å². The second-order valence-corrected chi connectivity index (χ2v) is 5.53. The zero-order valence-electron chi connectivity index (χ0n) is 8.93. The van der Waals surface area contributed by atoms with Crippen LogP contribution in [0, 0.1) is 0 Å². The van der Waals surface area contributed by atoms with Gasteiger partial charge in [0.05, 0.1) is 10.4 Å². The highest BCUT2D eigenvalue weighted by molar-refractivity contribution is 7.89. The van der Waals surface area contributed by atoms with E-state index in [1.165, 1.54) is 0 Å². The van der Waals surface area contributed by atoms with E-state index < -0.39 is 10.0 Å². The predicted octanol–water partition coefficient (Wildman–Crippen LogP) is 1.75. The Morgan fingerprint density at radius 2 is 2.06 bits per heavy atom. The van der Waals surface area contributed by atoms with Crippen LogP contribution >= 0.6 is 11.6 Å². The number of hydrogen-bond acceptors (Lipinski definition) is 3. The maximum absolute atomic E-state index is 12.0. The molecule has 0 saturated carbocycles. The zero-order valence-corrected chi connectivity index (χ0v) is 10.5. The number of alkyl halides is 1. The van der Waals surface area contributed by atoms with E-state index in [9.17, 15) is 8.42 Å². The van der Waals surface area contributed by atoms with Crippen molar-refractivity contribution in [1.82, 2.24) is 9.71 Å². The van der Waals surface area contributed by atoms with Gasteiger partial charge < -0.3 is 0 Å². The van der Waals surface area contributed by atoms with Gasteiger partial charge in [0.1, 0.15) is 0 Å². The quantitative estimate of drug-likeness (QED) is 0.861. The maximum atomic E-state index is 12.0. The maximum Gasteiger partial charge on any atom is 0.241 e. The number of sulfonamides is 1. The summed E-state index contributed by atoms with van der Waals surface area (Å²) in [7, 11) is -3.52. The number of nitrogens with zero attached hydrogens (tertiary/aromatic N) is 1. The number of rotatable bonds is 4. The predicted molar refractivity (Wildman–Crippen MR) is 67.7 cm³/mol. The lowest BCUT2D eigenvalue weighted by atomic mass is 10.2. The fourth-order valence-corrected chi connectivity index (χ4v) is 3.01. The van der Waals surface area contributed by atoms with Crippen molar-refractivity contribution in [1.29, 1.82) is 0 Å². The Morgan fingerprint density at radius 1 is 1.24 bits per heavy atom. The summed E-state index contributed by atoms with van der Waals surface area (Å²) < 4.78 is 26.4. The van der Waals surface area contributed by atoms with Crippen LogP contribution < -0.4 is 4.72 Å². The van der Waals surface area contributed by atoms with E-state index in [1.54, 1.807) is 36.5 Å². The zero-order chi connectivity index (χ0) is 12.3. The largest absolute Gasteiger partial charge is 0.256 e. The van der Waals surface area contributed by atoms with Crippen molar-refractivity contribution in [2.45, 2.75) is 4.90 Å². The average molecular weight is 271 g/mol. The van der Waals surface area contributed by atoms with Crippen molar-refractivity contribution >= 4 is 32.5 Å². The lowest BCUT2D eigenvalue weighted by molar-refractivity contribution is 0.585. The number of pyridine rings is 1.